The Bertz CT molecular complexity index is 2340. The second-order valence-corrected chi connectivity index (χ2v) is 11.1. The van der Waals surface area contributed by atoms with Gasteiger partial charge in [0.25, 0.3) is 0 Å². The van der Waals surface area contributed by atoms with Gasteiger partial charge in [0.2, 0.25) is 0 Å². The van der Waals surface area contributed by atoms with Gasteiger partial charge in [-0.3, -0.25) is 0 Å². The summed E-state index contributed by atoms with van der Waals surface area (Å²) in [6.45, 7) is 32.0. The zero-order valence-corrected chi connectivity index (χ0v) is 44.7. The fourth-order valence-electron chi connectivity index (χ4n) is 4.93. The molecule has 8 aromatic rings. The van der Waals surface area contributed by atoms with Gasteiger partial charge in [-0.05, 0) is 47.5 Å². The van der Waals surface area contributed by atoms with Crippen LogP contribution in [-0.2, 0) is 0 Å². The summed E-state index contributed by atoms with van der Waals surface area (Å²) in [5, 5.41) is 18.6. The van der Waals surface area contributed by atoms with Gasteiger partial charge in [0.15, 0.2) is 11.3 Å². The number of amides is 4. The Kier molecular flexibility index (Phi) is 36.7. The van der Waals surface area contributed by atoms with Crippen LogP contribution in [0, 0.1) is 0 Å². The van der Waals surface area contributed by atoms with E-state index < -0.39 is 0 Å². The van der Waals surface area contributed by atoms with Crippen molar-refractivity contribution in [3.05, 3.63) is 123 Å². The van der Waals surface area contributed by atoms with Crippen molar-refractivity contribution in [1.82, 2.24) is 59.8 Å². The molecule has 0 aliphatic rings. The molecule has 6 aromatic heterocycles. The lowest BCUT2D eigenvalue weighted by molar-refractivity contribution is 0.253. The number of carbonyl (C=O) groups is 2. The minimum absolute atomic E-state index is 0.183. The molecule has 8 rings (SSSR count). The number of ether oxygens (including phenoxy) is 2. The first-order valence-corrected chi connectivity index (χ1v) is 24.2. The fourth-order valence-corrected chi connectivity index (χ4v) is 4.93. The highest BCUT2D eigenvalue weighted by Gasteiger charge is 2.10. The molecule has 0 atom stereocenters. The van der Waals surface area contributed by atoms with Crippen LogP contribution >= 0.6 is 0 Å². The number of rotatable bonds is 8. The smallest absolute Gasteiger partial charge is 0.322 e. The second kappa shape index (κ2) is 40.1. The molecule has 0 aliphatic carbocycles. The van der Waals surface area contributed by atoms with Gasteiger partial charge < -0.3 is 30.7 Å². The molecule has 4 N–H and O–H groups in total. The van der Waals surface area contributed by atoms with Crippen molar-refractivity contribution < 1.29 is 19.1 Å². The maximum absolute atomic E-state index is 11.2. The molecular formula is C52H78N14O4. The van der Waals surface area contributed by atoms with Crippen LogP contribution < -0.4 is 30.7 Å². The van der Waals surface area contributed by atoms with Crippen LogP contribution in [0.25, 0.3) is 33.5 Å². The lowest BCUT2D eigenvalue weighted by Gasteiger charge is -2.06. The monoisotopic (exact) mass is 963 g/mol. The quantitative estimate of drug-likeness (QED) is 0.112. The molecule has 0 spiro atoms. The van der Waals surface area contributed by atoms with E-state index >= 15 is 0 Å². The molecule has 2 aromatic carbocycles. The van der Waals surface area contributed by atoms with Crippen LogP contribution in [0.1, 0.15) is 111 Å². The van der Waals surface area contributed by atoms with Crippen LogP contribution in [-0.4, -0.2) is 75.3 Å². The Morgan fingerprint density at radius 3 is 1.01 bits per heavy atom. The number of aromatic nitrogens is 10. The first-order valence-electron chi connectivity index (χ1n) is 24.2. The van der Waals surface area contributed by atoms with Crippen molar-refractivity contribution in [3.63, 3.8) is 0 Å². The van der Waals surface area contributed by atoms with Gasteiger partial charge in [0.05, 0.1) is 48.6 Å². The van der Waals surface area contributed by atoms with Crippen LogP contribution in [0.5, 0.6) is 23.5 Å². The summed E-state index contributed by atoms with van der Waals surface area (Å²) < 4.78 is 14.7. The van der Waals surface area contributed by atoms with E-state index in [1.165, 1.54) is 38.9 Å². The van der Waals surface area contributed by atoms with E-state index in [1.807, 2.05) is 184 Å². The lowest BCUT2D eigenvalue weighted by atomic mass is 10.1. The molecule has 0 aliphatic heterocycles. The molecule has 4 amide bonds. The highest BCUT2D eigenvalue weighted by atomic mass is 16.5. The van der Waals surface area contributed by atoms with Gasteiger partial charge in [-0.15, -0.1) is 0 Å². The minimum atomic E-state index is -0.343. The van der Waals surface area contributed by atoms with Gasteiger partial charge in [-0.2, -0.15) is 10.2 Å². The molecule has 0 saturated carbocycles. The molecule has 0 saturated heterocycles. The van der Waals surface area contributed by atoms with Crippen molar-refractivity contribution in [2.24, 2.45) is 0 Å². The standard InChI is InChI=1S/2C18H15N7O2.8C2H6/c2*1-19-17(26)24-13-9-21-18(22-10-13)27-14-5-3-12(4-6-14)15-11-23-25-8-2-7-20-16(15)25;8*1-2/h2*2-11H,1H3,(H2,19,24,26);8*1-2H3. The molecule has 0 radical (unpaired) electrons. The fraction of sp³-hybridized carbons (Fsp3) is 0.346. The number of benzene rings is 2. The summed E-state index contributed by atoms with van der Waals surface area (Å²) >= 11 is 0. The first-order chi connectivity index (χ1) is 34.4. The van der Waals surface area contributed by atoms with E-state index in [-0.39, 0.29) is 24.1 Å². The summed E-state index contributed by atoms with van der Waals surface area (Å²) in [5.74, 6) is 1.19. The minimum Gasteiger partial charge on any atom is -0.424 e. The van der Waals surface area contributed by atoms with Crippen LogP contribution in [0.3, 0.4) is 0 Å². The average molecular weight is 963 g/mol. The normalized spacial score (nSPS) is 8.83. The van der Waals surface area contributed by atoms with E-state index in [2.05, 4.69) is 61.4 Å². The van der Waals surface area contributed by atoms with E-state index in [1.54, 1.807) is 33.8 Å². The highest BCUT2D eigenvalue weighted by Crippen LogP contribution is 2.28. The van der Waals surface area contributed by atoms with Gasteiger partial charge in [0, 0.05) is 50.0 Å². The number of nitrogens with zero attached hydrogens (tertiary/aromatic N) is 10. The van der Waals surface area contributed by atoms with Gasteiger partial charge in [0.1, 0.15) is 11.5 Å². The number of nitrogens with one attached hydrogen (secondary N) is 4. The zero-order chi connectivity index (χ0) is 53.3. The van der Waals surface area contributed by atoms with Crippen molar-refractivity contribution in [2.75, 3.05) is 24.7 Å². The summed E-state index contributed by atoms with van der Waals surface area (Å²) in [5.41, 5.74) is 6.33. The maximum Gasteiger partial charge on any atom is 0.322 e. The number of fused-ring (bicyclic) bond motifs is 2. The number of carbonyl (C=O) groups excluding carboxylic acids is 2. The Morgan fingerprint density at radius 2 is 0.729 bits per heavy atom. The highest BCUT2D eigenvalue weighted by molar-refractivity contribution is 5.89. The van der Waals surface area contributed by atoms with E-state index in [4.69, 9.17) is 9.47 Å². The number of hydrogen-bond donors (Lipinski definition) is 4. The van der Waals surface area contributed by atoms with Crippen LogP contribution in [0.4, 0.5) is 21.0 Å². The summed E-state index contributed by atoms with van der Waals surface area (Å²) in [4.78, 5) is 47.5. The Balaban J connectivity index is 0. The molecule has 0 bridgehead atoms. The topological polar surface area (TPSA) is 213 Å². The number of urea groups is 2. The molecule has 380 valence electrons. The van der Waals surface area contributed by atoms with Gasteiger partial charge in [-0.1, -0.05) is 135 Å². The molecule has 70 heavy (non-hydrogen) atoms. The molecule has 0 fully saturated rings. The second-order valence-electron chi connectivity index (χ2n) is 11.1. The SMILES string of the molecule is CC.CC.CC.CC.CC.CC.CC.CC.CNC(=O)Nc1cnc(Oc2ccc(-c3cnn4cccnc34)cc2)nc1.CNC(=O)Nc1cnc(Oc2ccc(-c3cnn4cccnc34)cc2)nc1. The lowest BCUT2D eigenvalue weighted by Crippen LogP contribution is -2.24. The van der Waals surface area contributed by atoms with E-state index in [0.29, 0.717) is 22.9 Å². The Hall–Kier alpha value is -8.02. The van der Waals surface area contributed by atoms with Crippen molar-refractivity contribution in [2.45, 2.75) is 111 Å². The van der Waals surface area contributed by atoms with Crippen molar-refractivity contribution in [3.8, 4) is 45.8 Å². The molecule has 18 nitrogen and oxygen atoms in total. The average Bonchev–Trinajstić information content (AvgIpc) is 4.10. The van der Waals surface area contributed by atoms with Crippen LogP contribution in [0.2, 0.25) is 0 Å². The first kappa shape index (κ1) is 64.1. The summed E-state index contributed by atoms with van der Waals surface area (Å²) in [6.07, 6.45) is 16.6. The largest absolute Gasteiger partial charge is 0.424 e. The maximum atomic E-state index is 11.2. The number of anilines is 2. The molecule has 18 heteroatoms. The van der Waals surface area contributed by atoms with Crippen LogP contribution in [0.15, 0.2) is 123 Å². The van der Waals surface area contributed by atoms with Crippen molar-refractivity contribution >= 4 is 34.7 Å². The van der Waals surface area contributed by atoms with Gasteiger partial charge >= 0.3 is 24.1 Å². The third-order valence-electron chi connectivity index (χ3n) is 7.53. The molecular weight excluding hydrogens is 885 g/mol. The third-order valence-corrected chi connectivity index (χ3v) is 7.53. The van der Waals surface area contributed by atoms with Gasteiger partial charge in [-0.25, -0.2) is 48.5 Å². The van der Waals surface area contributed by atoms with E-state index in [9.17, 15) is 9.59 Å². The van der Waals surface area contributed by atoms with E-state index in [0.717, 1.165) is 33.5 Å². The summed E-state index contributed by atoms with van der Waals surface area (Å²) in [6, 6.07) is 18.3. The third kappa shape index (κ3) is 20.9. The van der Waals surface area contributed by atoms with Crippen molar-refractivity contribution in [1.29, 1.82) is 0 Å². The Morgan fingerprint density at radius 1 is 0.429 bits per heavy atom. The predicted octanol–water partition coefficient (Wildman–Crippen LogP) is 13.7. The zero-order valence-electron chi connectivity index (χ0n) is 44.7. The molecule has 6 heterocycles. The summed E-state index contributed by atoms with van der Waals surface area (Å²) in [7, 11) is 3.06. The number of hydrogen-bond acceptors (Lipinski definition) is 12. The Labute approximate surface area is 416 Å². The predicted molar refractivity (Wildman–Crippen MR) is 288 cm³/mol. The molecule has 0 unspecified atom stereocenters.